The van der Waals surface area contributed by atoms with E-state index in [1.807, 2.05) is 38.1 Å². The van der Waals surface area contributed by atoms with Crippen molar-refractivity contribution >= 4 is 23.4 Å². The molecule has 1 aromatic carbocycles. The zero-order valence-corrected chi connectivity index (χ0v) is 19.6. The first-order valence-electron chi connectivity index (χ1n) is 10.9. The molecule has 0 spiro atoms. The van der Waals surface area contributed by atoms with E-state index in [-0.39, 0.29) is 29.1 Å². The third kappa shape index (κ3) is 9.42. The van der Waals surface area contributed by atoms with Crippen LogP contribution in [0.3, 0.4) is 0 Å². The number of rotatable bonds is 10. The summed E-state index contributed by atoms with van der Waals surface area (Å²) in [6.07, 6.45) is 3.17. The third-order valence-electron chi connectivity index (χ3n) is 4.88. The molecule has 6 heteroatoms. The Morgan fingerprint density at radius 3 is 2.03 bits per heavy atom. The van der Waals surface area contributed by atoms with Gasteiger partial charge in [-0.1, -0.05) is 60.1 Å². The summed E-state index contributed by atoms with van der Waals surface area (Å²) in [5.74, 6) is -0.892. The average molecular weight is 418 g/mol. The maximum atomic E-state index is 12.7. The van der Waals surface area contributed by atoms with Gasteiger partial charge in [-0.05, 0) is 48.8 Å². The van der Waals surface area contributed by atoms with Crippen LogP contribution in [-0.2, 0) is 20.8 Å². The minimum absolute atomic E-state index is 0.0499. The van der Waals surface area contributed by atoms with E-state index < -0.39 is 12.1 Å². The molecule has 0 aliphatic heterocycles. The molecule has 30 heavy (non-hydrogen) atoms. The lowest BCUT2D eigenvalue weighted by molar-refractivity contribution is -0.132. The van der Waals surface area contributed by atoms with Gasteiger partial charge in [-0.2, -0.15) is 0 Å². The van der Waals surface area contributed by atoms with Crippen LogP contribution in [0.25, 0.3) is 0 Å². The summed E-state index contributed by atoms with van der Waals surface area (Å²) in [6.45, 7) is 13.7. The van der Waals surface area contributed by atoms with Crippen LogP contribution in [-0.4, -0.2) is 29.8 Å². The fraction of sp³-hybridized carbons (Fsp3) is 0.625. The van der Waals surface area contributed by atoms with Gasteiger partial charge in [0.25, 0.3) is 0 Å². The van der Waals surface area contributed by atoms with Crippen molar-refractivity contribution in [2.24, 2.45) is 11.3 Å². The van der Waals surface area contributed by atoms with Gasteiger partial charge in [-0.15, -0.1) is 0 Å². The van der Waals surface area contributed by atoms with Gasteiger partial charge in [-0.25, -0.2) is 0 Å². The number of carbonyl (C=O) groups is 3. The summed E-state index contributed by atoms with van der Waals surface area (Å²) in [4.78, 5) is 37.4. The SMILES string of the molecule is CCCc1ccc(NC(=O)[C@H](C)NC(=O)C(NC(=O)CCC(C)(C)C)C(C)C)cc1. The summed E-state index contributed by atoms with van der Waals surface area (Å²) in [5.41, 5.74) is 1.96. The van der Waals surface area contributed by atoms with Gasteiger partial charge in [0.1, 0.15) is 12.1 Å². The summed E-state index contributed by atoms with van der Waals surface area (Å²) >= 11 is 0. The number of carbonyl (C=O) groups excluding carboxylic acids is 3. The zero-order chi connectivity index (χ0) is 22.9. The predicted octanol–water partition coefficient (Wildman–Crippen LogP) is 4.05. The molecule has 0 heterocycles. The number of nitrogens with one attached hydrogen (secondary N) is 3. The first-order chi connectivity index (χ1) is 13.9. The highest BCUT2D eigenvalue weighted by Crippen LogP contribution is 2.20. The molecule has 0 aromatic heterocycles. The van der Waals surface area contributed by atoms with E-state index in [0.717, 1.165) is 19.3 Å². The Balaban J connectivity index is 2.63. The second-order valence-corrected chi connectivity index (χ2v) is 9.52. The number of anilines is 1. The lowest BCUT2D eigenvalue weighted by atomic mass is 9.90. The van der Waals surface area contributed by atoms with Gasteiger partial charge in [0.05, 0.1) is 0 Å². The zero-order valence-electron chi connectivity index (χ0n) is 19.6. The molecule has 0 aliphatic carbocycles. The van der Waals surface area contributed by atoms with Gasteiger partial charge < -0.3 is 16.0 Å². The number of hydrogen-bond donors (Lipinski definition) is 3. The predicted molar refractivity (Wildman–Crippen MR) is 122 cm³/mol. The molecule has 6 nitrogen and oxygen atoms in total. The van der Waals surface area contributed by atoms with Crippen LogP contribution in [0.1, 0.15) is 73.3 Å². The molecule has 1 aromatic rings. The van der Waals surface area contributed by atoms with E-state index in [1.54, 1.807) is 6.92 Å². The molecule has 1 rings (SSSR count). The highest BCUT2D eigenvalue weighted by atomic mass is 16.2. The maximum Gasteiger partial charge on any atom is 0.246 e. The topological polar surface area (TPSA) is 87.3 Å². The number of benzene rings is 1. The first-order valence-corrected chi connectivity index (χ1v) is 10.9. The molecule has 168 valence electrons. The molecule has 3 N–H and O–H groups in total. The normalized spacial score (nSPS) is 13.5. The standard InChI is InChI=1S/C24H39N3O3/c1-8-9-18-10-12-19(13-11-18)26-22(29)17(4)25-23(30)21(16(2)3)27-20(28)14-15-24(5,6)7/h10-13,16-17,21H,8-9,14-15H2,1-7H3,(H,25,30)(H,26,29)(H,27,28)/t17-,21?/m0/s1. The van der Waals surface area contributed by atoms with E-state index in [2.05, 4.69) is 43.6 Å². The molecule has 0 fully saturated rings. The van der Waals surface area contributed by atoms with Crippen molar-refractivity contribution in [3.8, 4) is 0 Å². The minimum atomic E-state index is -0.722. The van der Waals surface area contributed by atoms with Crippen LogP contribution in [0.2, 0.25) is 0 Å². The molecule has 2 atom stereocenters. The molecule has 0 radical (unpaired) electrons. The molecular formula is C24H39N3O3. The summed E-state index contributed by atoms with van der Waals surface area (Å²) in [6, 6.07) is 6.31. The molecule has 0 saturated heterocycles. The smallest absolute Gasteiger partial charge is 0.246 e. The van der Waals surface area contributed by atoms with Crippen molar-refractivity contribution in [1.29, 1.82) is 0 Å². The Bertz CT molecular complexity index is 705. The van der Waals surface area contributed by atoms with Crippen LogP contribution in [0.15, 0.2) is 24.3 Å². The highest BCUT2D eigenvalue weighted by molar-refractivity contribution is 5.98. The van der Waals surface area contributed by atoms with Crippen LogP contribution >= 0.6 is 0 Å². The van der Waals surface area contributed by atoms with Gasteiger partial charge in [-0.3, -0.25) is 14.4 Å². The van der Waals surface area contributed by atoms with Gasteiger partial charge >= 0.3 is 0 Å². The first kappa shape index (κ1) is 25.7. The Kier molecular flexibility index (Phi) is 10.0. The van der Waals surface area contributed by atoms with Crippen LogP contribution in [0.5, 0.6) is 0 Å². The van der Waals surface area contributed by atoms with Crippen molar-refractivity contribution in [3.63, 3.8) is 0 Å². The maximum absolute atomic E-state index is 12.7. The van der Waals surface area contributed by atoms with Crippen molar-refractivity contribution < 1.29 is 14.4 Å². The number of hydrogen-bond acceptors (Lipinski definition) is 3. The number of amides is 3. The monoisotopic (exact) mass is 417 g/mol. The van der Waals surface area contributed by atoms with E-state index in [1.165, 1.54) is 5.56 Å². The molecule has 0 bridgehead atoms. The summed E-state index contributed by atoms with van der Waals surface area (Å²) in [5, 5.41) is 8.36. The molecule has 0 aliphatic rings. The largest absolute Gasteiger partial charge is 0.344 e. The quantitative estimate of drug-likeness (QED) is 0.537. The Morgan fingerprint density at radius 2 is 1.53 bits per heavy atom. The fourth-order valence-electron chi connectivity index (χ4n) is 2.93. The van der Waals surface area contributed by atoms with Crippen LogP contribution < -0.4 is 16.0 Å². The molecule has 1 unspecified atom stereocenters. The van der Waals surface area contributed by atoms with Crippen molar-refractivity contribution in [2.45, 2.75) is 86.2 Å². The van der Waals surface area contributed by atoms with Gasteiger partial charge in [0.15, 0.2) is 0 Å². The van der Waals surface area contributed by atoms with Gasteiger partial charge in [0.2, 0.25) is 17.7 Å². The average Bonchev–Trinajstić information content (AvgIpc) is 2.65. The lowest BCUT2D eigenvalue weighted by Crippen LogP contribution is -2.53. The van der Waals surface area contributed by atoms with Gasteiger partial charge in [0, 0.05) is 12.1 Å². The second-order valence-electron chi connectivity index (χ2n) is 9.52. The second kappa shape index (κ2) is 11.7. The molecule has 0 saturated carbocycles. The molecular weight excluding hydrogens is 378 g/mol. The Hall–Kier alpha value is -2.37. The Labute approximate surface area is 181 Å². The molecule has 3 amide bonds. The van der Waals surface area contributed by atoms with Crippen molar-refractivity contribution in [3.05, 3.63) is 29.8 Å². The van der Waals surface area contributed by atoms with E-state index >= 15 is 0 Å². The summed E-state index contributed by atoms with van der Waals surface area (Å²) < 4.78 is 0. The minimum Gasteiger partial charge on any atom is -0.344 e. The fourth-order valence-corrected chi connectivity index (χ4v) is 2.93. The lowest BCUT2D eigenvalue weighted by Gasteiger charge is -2.25. The third-order valence-corrected chi connectivity index (χ3v) is 4.88. The van der Waals surface area contributed by atoms with E-state index in [0.29, 0.717) is 12.1 Å². The van der Waals surface area contributed by atoms with Crippen LogP contribution in [0, 0.1) is 11.3 Å². The van der Waals surface area contributed by atoms with Crippen molar-refractivity contribution in [2.75, 3.05) is 5.32 Å². The van der Waals surface area contributed by atoms with Crippen LogP contribution in [0.4, 0.5) is 5.69 Å². The van der Waals surface area contributed by atoms with Crippen molar-refractivity contribution in [1.82, 2.24) is 10.6 Å². The summed E-state index contributed by atoms with van der Waals surface area (Å²) in [7, 11) is 0. The van der Waals surface area contributed by atoms with E-state index in [4.69, 9.17) is 0 Å². The number of aryl methyl sites for hydroxylation is 1. The highest BCUT2D eigenvalue weighted by Gasteiger charge is 2.27. The Morgan fingerprint density at radius 1 is 0.933 bits per heavy atom. The van der Waals surface area contributed by atoms with E-state index in [9.17, 15) is 14.4 Å².